The number of carboxylic acid groups (broad SMARTS) is 1. The SMILES string of the molecule is CC1CCc2c(sc(NC(=O)c3nn4c(C(F)(F)F)cc(-c5ccccc5)nc4c3Cl)c2C(=O)O)C1. The van der Waals surface area contributed by atoms with Crippen LogP contribution in [0, 0.1) is 5.92 Å². The van der Waals surface area contributed by atoms with Crippen LogP contribution in [0.2, 0.25) is 5.02 Å². The quantitative estimate of drug-likeness (QED) is 0.325. The molecule has 4 aromatic rings. The molecule has 1 unspecified atom stereocenters. The number of carboxylic acids is 1. The first-order valence-corrected chi connectivity index (χ1v) is 12.1. The summed E-state index contributed by atoms with van der Waals surface area (Å²) in [6.07, 6.45) is -2.73. The number of amides is 1. The molecule has 0 aliphatic heterocycles. The molecule has 1 aliphatic carbocycles. The van der Waals surface area contributed by atoms with E-state index in [4.69, 9.17) is 11.6 Å². The van der Waals surface area contributed by atoms with Crippen molar-refractivity contribution < 1.29 is 27.9 Å². The molecular formula is C24H18ClF3N4O3S. The van der Waals surface area contributed by atoms with Crippen LogP contribution >= 0.6 is 22.9 Å². The molecule has 0 spiro atoms. The van der Waals surface area contributed by atoms with Crippen LogP contribution in [0.4, 0.5) is 18.2 Å². The Bertz CT molecular complexity index is 1510. The highest BCUT2D eigenvalue weighted by Gasteiger charge is 2.37. The number of aromatic carboxylic acids is 1. The second-order valence-corrected chi connectivity index (χ2v) is 10.1. The van der Waals surface area contributed by atoms with Gasteiger partial charge in [-0.15, -0.1) is 11.3 Å². The van der Waals surface area contributed by atoms with Gasteiger partial charge in [0.15, 0.2) is 17.0 Å². The standard InChI is InChI=1S/C24H18ClF3N4O3S/c1-11-7-8-13-15(9-11)36-22(17(13)23(34)35)30-21(33)19-18(25)20-29-14(12-5-3-2-4-6-12)10-16(24(26,27)28)32(20)31-19/h2-6,10-11H,7-9H2,1H3,(H,30,33)(H,34,35). The highest BCUT2D eigenvalue weighted by Crippen LogP contribution is 2.40. The number of anilines is 1. The summed E-state index contributed by atoms with van der Waals surface area (Å²) in [5, 5.41) is 15.8. The molecule has 1 aromatic carbocycles. The van der Waals surface area contributed by atoms with E-state index in [1.165, 1.54) is 0 Å². The van der Waals surface area contributed by atoms with E-state index in [1.807, 2.05) is 0 Å². The topological polar surface area (TPSA) is 96.6 Å². The van der Waals surface area contributed by atoms with Crippen LogP contribution in [0.25, 0.3) is 16.9 Å². The monoisotopic (exact) mass is 534 g/mol. The van der Waals surface area contributed by atoms with Gasteiger partial charge in [0, 0.05) is 10.4 Å². The first kappa shape index (κ1) is 24.3. The third kappa shape index (κ3) is 4.22. The van der Waals surface area contributed by atoms with Crippen LogP contribution in [-0.2, 0) is 19.0 Å². The molecule has 1 atom stereocenters. The lowest BCUT2D eigenvalue weighted by molar-refractivity contribution is -0.142. The summed E-state index contributed by atoms with van der Waals surface area (Å²) in [5.41, 5.74) is -0.870. The minimum atomic E-state index is -4.81. The maximum Gasteiger partial charge on any atom is 0.433 e. The summed E-state index contributed by atoms with van der Waals surface area (Å²) in [4.78, 5) is 30.2. The van der Waals surface area contributed by atoms with Crippen molar-refractivity contribution in [2.24, 2.45) is 5.92 Å². The van der Waals surface area contributed by atoms with Crippen LogP contribution in [-0.4, -0.2) is 31.6 Å². The van der Waals surface area contributed by atoms with E-state index < -0.39 is 29.4 Å². The van der Waals surface area contributed by atoms with Gasteiger partial charge in [-0.1, -0.05) is 48.9 Å². The molecule has 0 saturated carbocycles. The highest BCUT2D eigenvalue weighted by molar-refractivity contribution is 7.17. The van der Waals surface area contributed by atoms with Crippen LogP contribution < -0.4 is 5.32 Å². The van der Waals surface area contributed by atoms with Gasteiger partial charge in [-0.05, 0) is 36.8 Å². The molecule has 3 heterocycles. The molecule has 0 saturated heterocycles. The van der Waals surface area contributed by atoms with Gasteiger partial charge in [0.05, 0.1) is 11.3 Å². The molecule has 0 fully saturated rings. The van der Waals surface area contributed by atoms with Gasteiger partial charge >= 0.3 is 12.1 Å². The lowest BCUT2D eigenvalue weighted by Crippen LogP contribution is -2.17. The molecule has 2 N–H and O–H groups in total. The van der Waals surface area contributed by atoms with Crippen LogP contribution in [0.15, 0.2) is 36.4 Å². The molecule has 7 nitrogen and oxygen atoms in total. The van der Waals surface area contributed by atoms with Crippen molar-refractivity contribution in [1.82, 2.24) is 14.6 Å². The molecule has 12 heteroatoms. The number of thiophene rings is 1. The van der Waals surface area contributed by atoms with Crippen molar-refractivity contribution in [3.8, 4) is 11.3 Å². The molecule has 0 radical (unpaired) electrons. The number of rotatable bonds is 4. The Morgan fingerprint density at radius 3 is 2.64 bits per heavy atom. The van der Waals surface area contributed by atoms with E-state index in [-0.39, 0.29) is 26.9 Å². The maximum absolute atomic E-state index is 13.9. The molecule has 0 bridgehead atoms. The fourth-order valence-corrected chi connectivity index (χ4v) is 5.97. The van der Waals surface area contributed by atoms with Crippen molar-refractivity contribution >= 4 is 45.5 Å². The second kappa shape index (κ2) is 8.90. The average molecular weight is 535 g/mol. The number of aromatic nitrogens is 3. The summed E-state index contributed by atoms with van der Waals surface area (Å²) < 4.78 is 42.2. The molecular weight excluding hydrogens is 517 g/mol. The summed E-state index contributed by atoms with van der Waals surface area (Å²) >= 11 is 7.49. The number of carbonyl (C=O) groups excluding carboxylic acids is 1. The fraction of sp³-hybridized carbons (Fsp3) is 0.250. The van der Waals surface area contributed by atoms with E-state index in [1.54, 1.807) is 30.3 Å². The molecule has 1 amide bonds. The first-order valence-electron chi connectivity index (χ1n) is 11.0. The second-order valence-electron chi connectivity index (χ2n) is 8.60. The van der Waals surface area contributed by atoms with Gasteiger partial charge < -0.3 is 10.4 Å². The molecule has 3 aromatic heterocycles. The molecule has 186 valence electrons. The van der Waals surface area contributed by atoms with E-state index in [9.17, 15) is 27.9 Å². The smallest absolute Gasteiger partial charge is 0.433 e. The maximum atomic E-state index is 13.9. The van der Waals surface area contributed by atoms with Crippen molar-refractivity contribution in [2.45, 2.75) is 32.4 Å². The van der Waals surface area contributed by atoms with Gasteiger partial charge in [-0.2, -0.15) is 18.3 Å². The van der Waals surface area contributed by atoms with Crippen LogP contribution in [0.3, 0.4) is 0 Å². The Balaban J connectivity index is 1.59. The Morgan fingerprint density at radius 2 is 1.97 bits per heavy atom. The summed E-state index contributed by atoms with van der Waals surface area (Å²) in [6.45, 7) is 2.06. The zero-order valence-electron chi connectivity index (χ0n) is 18.7. The lowest BCUT2D eigenvalue weighted by atomic mass is 9.88. The largest absolute Gasteiger partial charge is 0.478 e. The third-order valence-corrected chi connectivity index (χ3v) is 7.58. The van der Waals surface area contributed by atoms with Crippen molar-refractivity contribution in [3.05, 3.63) is 68.8 Å². The van der Waals surface area contributed by atoms with Gasteiger partial charge in [0.2, 0.25) is 0 Å². The van der Waals surface area contributed by atoms with Gasteiger partial charge in [0.1, 0.15) is 10.0 Å². The number of alkyl halides is 3. The van der Waals surface area contributed by atoms with Crippen molar-refractivity contribution in [2.75, 3.05) is 5.32 Å². The predicted molar refractivity (Wildman–Crippen MR) is 129 cm³/mol. The normalized spacial score (nSPS) is 15.6. The zero-order chi connectivity index (χ0) is 25.8. The number of fused-ring (bicyclic) bond motifs is 2. The van der Waals surface area contributed by atoms with E-state index in [0.717, 1.165) is 28.7 Å². The molecule has 36 heavy (non-hydrogen) atoms. The van der Waals surface area contributed by atoms with Crippen molar-refractivity contribution in [1.29, 1.82) is 0 Å². The summed E-state index contributed by atoms with van der Waals surface area (Å²) in [5.74, 6) is -1.74. The fourth-order valence-electron chi connectivity index (χ4n) is 4.32. The van der Waals surface area contributed by atoms with Gasteiger partial charge in [0.25, 0.3) is 5.91 Å². The molecule has 1 aliphatic rings. The zero-order valence-corrected chi connectivity index (χ0v) is 20.3. The van der Waals surface area contributed by atoms with Crippen LogP contribution in [0.5, 0.6) is 0 Å². The number of nitrogens with one attached hydrogen (secondary N) is 1. The summed E-state index contributed by atoms with van der Waals surface area (Å²) in [7, 11) is 0. The van der Waals surface area contributed by atoms with Gasteiger partial charge in [-0.3, -0.25) is 4.79 Å². The average Bonchev–Trinajstić information content (AvgIpc) is 3.35. The number of nitrogens with zero attached hydrogens (tertiary/aromatic N) is 3. The highest BCUT2D eigenvalue weighted by atomic mass is 35.5. The Hall–Kier alpha value is -3.44. The number of hydrogen-bond acceptors (Lipinski definition) is 5. The van der Waals surface area contributed by atoms with E-state index in [2.05, 4.69) is 22.3 Å². The predicted octanol–water partition coefficient (Wildman–Crippen LogP) is 6.21. The summed E-state index contributed by atoms with van der Waals surface area (Å²) in [6, 6.07) is 9.08. The number of benzene rings is 1. The number of carbonyl (C=O) groups is 2. The Labute approximate surface area is 211 Å². The first-order chi connectivity index (χ1) is 17.0. The number of hydrogen-bond donors (Lipinski definition) is 2. The number of halogens is 4. The minimum Gasteiger partial charge on any atom is -0.478 e. The minimum absolute atomic E-state index is 0.00407. The lowest BCUT2D eigenvalue weighted by Gasteiger charge is -2.17. The third-order valence-electron chi connectivity index (χ3n) is 6.06. The Kier molecular flexibility index (Phi) is 6.00. The van der Waals surface area contributed by atoms with Crippen molar-refractivity contribution in [3.63, 3.8) is 0 Å². The van der Waals surface area contributed by atoms with E-state index >= 15 is 0 Å². The Morgan fingerprint density at radius 1 is 1.25 bits per heavy atom. The van der Waals surface area contributed by atoms with Gasteiger partial charge in [-0.25, -0.2) is 14.3 Å². The van der Waals surface area contributed by atoms with Crippen LogP contribution in [0.1, 0.15) is 50.3 Å². The molecule has 5 rings (SSSR count). The van der Waals surface area contributed by atoms with E-state index in [0.29, 0.717) is 34.4 Å².